The Balaban J connectivity index is 2.19. The van der Waals surface area contributed by atoms with Gasteiger partial charge in [0, 0.05) is 23.9 Å². The molecule has 4 rings (SSSR count). The first-order valence-corrected chi connectivity index (χ1v) is 6.98. The summed E-state index contributed by atoms with van der Waals surface area (Å²) in [6, 6.07) is 14.1. The van der Waals surface area contributed by atoms with E-state index in [1.165, 1.54) is 0 Å². The maximum absolute atomic E-state index is 5.76. The molecular weight excluding hydrogens is 268 g/mol. The van der Waals surface area contributed by atoms with Crippen LogP contribution >= 0.6 is 12.2 Å². The van der Waals surface area contributed by atoms with Gasteiger partial charge in [-0.1, -0.05) is 30.4 Å². The molecule has 0 amide bonds. The fourth-order valence-corrected chi connectivity index (χ4v) is 3.09. The van der Waals surface area contributed by atoms with E-state index in [-0.39, 0.29) is 0 Å². The zero-order chi connectivity index (χ0) is 13.5. The Labute approximate surface area is 121 Å². The number of benzene rings is 1. The first kappa shape index (κ1) is 11.6. The van der Waals surface area contributed by atoms with Gasteiger partial charge < -0.3 is 4.74 Å². The number of ether oxygens (including phenoxy) is 1. The molecule has 0 atom stereocenters. The van der Waals surface area contributed by atoms with Gasteiger partial charge in [0.1, 0.15) is 16.0 Å². The molecule has 0 aliphatic carbocycles. The number of aromatic nitrogens is 2. The highest BCUT2D eigenvalue weighted by Crippen LogP contribution is 2.35. The third kappa shape index (κ3) is 1.58. The number of hydrogen-bond acceptors (Lipinski definition) is 3. The van der Waals surface area contributed by atoms with Crippen LogP contribution in [0.25, 0.3) is 16.7 Å². The molecule has 0 radical (unpaired) electrons. The predicted octanol–water partition coefficient (Wildman–Crippen LogP) is 3.69. The van der Waals surface area contributed by atoms with Crippen molar-refractivity contribution in [1.82, 2.24) is 9.55 Å². The first-order valence-electron chi connectivity index (χ1n) is 6.57. The van der Waals surface area contributed by atoms with Crippen LogP contribution in [0.1, 0.15) is 5.56 Å². The van der Waals surface area contributed by atoms with Crippen LogP contribution in [0, 0.1) is 4.64 Å². The smallest absolute Gasteiger partial charge is 0.149 e. The highest BCUT2D eigenvalue weighted by molar-refractivity contribution is 7.71. The fourth-order valence-electron chi connectivity index (χ4n) is 2.70. The van der Waals surface area contributed by atoms with E-state index in [1.807, 2.05) is 47.0 Å². The molecule has 0 N–H and O–H groups in total. The van der Waals surface area contributed by atoms with E-state index in [2.05, 4.69) is 4.98 Å². The summed E-state index contributed by atoms with van der Waals surface area (Å²) in [7, 11) is 0. The molecule has 1 aromatic carbocycles. The third-order valence-corrected chi connectivity index (χ3v) is 4.02. The second-order valence-corrected chi connectivity index (χ2v) is 5.14. The Morgan fingerprint density at radius 2 is 1.95 bits per heavy atom. The molecule has 3 heterocycles. The van der Waals surface area contributed by atoms with Gasteiger partial charge in [-0.25, -0.2) is 4.98 Å². The van der Waals surface area contributed by atoms with Crippen molar-refractivity contribution in [2.24, 2.45) is 0 Å². The Morgan fingerprint density at radius 1 is 1.10 bits per heavy atom. The normalized spacial score (nSPS) is 13.2. The number of rotatable bonds is 1. The molecule has 3 nitrogen and oxygen atoms in total. The molecular formula is C16H12N2OS. The standard InChI is InChI=1S/C16H12N2OS/c20-16-13-8-10-19-14(13)12-7-4-9-17-15(12)18(16)11-5-2-1-3-6-11/h1-7,9H,8,10H2. The number of pyridine rings is 2. The van der Waals surface area contributed by atoms with Crippen molar-refractivity contribution in [3.63, 3.8) is 0 Å². The summed E-state index contributed by atoms with van der Waals surface area (Å²) in [5.74, 6) is 0.908. The van der Waals surface area contributed by atoms with Gasteiger partial charge in [0.15, 0.2) is 0 Å². The molecule has 0 fully saturated rings. The minimum atomic E-state index is 0.696. The molecule has 0 bridgehead atoms. The number of para-hydroxylation sites is 1. The maximum atomic E-state index is 5.76. The highest BCUT2D eigenvalue weighted by Gasteiger charge is 2.21. The molecule has 0 spiro atoms. The SMILES string of the molecule is S=c1c2c(c3cccnc3n1-c1ccccc1)OCC2. The lowest BCUT2D eigenvalue weighted by atomic mass is 10.1. The van der Waals surface area contributed by atoms with E-state index in [4.69, 9.17) is 17.0 Å². The lowest BCUT2D eigenvalue weighted by Crippen LogP contribution is -2.03. The molecule has 2 aromatic heterocycles. The molecule has 0 saturated heterocycles. The summed E-state index contributed by atoms with van der Waals surface area (Å²) >= 11 is 5.67. The average Bonchev–Trinajstić information content (AvgIpc) is 2.99. The predicted molar refractivity (Wildman–Crippen MR) is 81.1 cm³/mol. The van der Waals surface area contributed by atoms with Crippen LogP contribution in [0.4, 0.5) is 0 Å². The Bertz CT molecular complexity index is 855. The zero-order valence-electron chi connectivity index (χ0n) is 10.7. The van der Waals surface area contributed by atoms with Crippen LogP contribution in [-0.2, 0) is 6.42 Å². The van der Waals surface area contributed by atoms with Crippen molar-refractivity contribution in [3.8, 4) is 11.4 Å². The van der Waals surface area contributed by atoms with Crippen molar-refractivity contribution in [1.29, 1.82) is 0 Å². The monoisotopic (exact) mass is 280 g/mol. The van der Waals surface area contributed by atoms with Crippen molar-refractivity contribution in [3.05, 3.63) is 58.9 Å². The Kier molecular flexibility index (Phi) is 2.57. The fraction of sp³-hybridized carbons (Fsp3) is 0.125. The van der Waals surface area contributed by atoms with Crippen molar-refractivity contribution < 1.29 is 4.74 Å². The van der Waals surface area contributed by atoms with Gasteiger partial charge in [0.05, 0.1) is 12.0 Å². The van der Waals surface area contributed by atoms with Crippen molar-refractivity contribution >= 4 is 23.3 Å². The summed E-state index contributed by atoms with van der Waals surface area (Å²) in [4.78, 5) is 4.51. The minimum Gasteiger partial charge on any atom is -0.492 e. The van der Waals surface area contributed by atoms with Gasteiger partial charge in [0.25, 0.3) is 0 Å². The lowest BCUT2D eigenvalue weighted by molar-refractivity contribution is 0.360. The zero-order valence-corrected chi connectivity index (χ0v) is 11.6. The van der Waals surface area contributed by atoms with E-state index in [0.717, 1.165) is 39.1 Å². The Morgan fingerprint density at radius 3 is 2.80 bits per heavy atom. The largest absolute Gasteiger partial charge is 0.492 e. The van der Waals surface area contributed by atoms with Crippen molar-refractivity contribution in [2.75, 3.05) is 6.61 Å². The van der Waals surface area contributed by atoms with Gasteiger partial charge in [0.2, 0.25) is 0 Å². The van der Waals surface area contributed by atoms with Crippen molar-refractivity contribution in [2.45, 2.75) is 6.42 Å². The minimum absolute atomic E-state index is 0.696. The second kappa shape index (κ2) is 4.42. The summed E-state index contributed by atoms with van der Waals surface area (Å²) in [6.07, 6.45) is 2.66. The second-order valence-electron chi connectivity index (χ2n) is 4.76. The number of hydrogen-bond donors (Lipinski definition) is 0. The molecule has 0 saturated carbocycles. The molecule has 0 unspecified atom stereocenters. The molecule has 3 aromatic rings. The maximum Gasteiger partial charge on any atom is 0.149 e. The molecule has 20 heavy (non-hydrogen) atoms. The van der Waals surface area contributed by atoms with Crippen LogP contribution in [0.2, 0.25) is 0 Å². The lowest BCUT2D eigenvalue weighted by Gasteiger charge is -2.14. The quantitative estimate of drug-likeness (QED) is 0.636. The van der Waals surface area contributed by atoms with Crippen LogP contribution in [0.15, 0.2) is 48.7 Å². The summed E-state index contributed by atoms with van der Waals surface area (Å²) in [5, 5.41) is 1.03. The average molecular weight is 280 g/mol. The highest BCUT2D eigenvalue weighted by atomic mass is 32.1. The molecule has 1 aliphatic rings. The van der Waals surface area contributed by atoms with Gasteiger partial charge in [-0.2, -0.15) is 0 Å². The van der Waals surface area contributed by atoms with Crippen LogP contribution in [0.5, 0.6) is 5.75 Å². The van der Waals surface area contributed by atoms with E-state index < -0.39 is 0 Å². The van der Waals surface area contributed by atoms with Gasteiger partial charge in [-0.05, 0) is 24.3 Å². The molecule has 98 valence electrons. The third-order valence-electron chi connectivity index (χ3n) is 3.59. The number of fused-ring (bicyclic) bond motifs is 3. The molecule has 1 aliphatic heterocycles. The number of nitrogens with zero attached hydrogens (tertiary/aromatic N) is 2. The van der Waals surface area contributed by atoms with E-state index in [0.29, 0.717) is 6.61 Å². The van der Waals surface area contributed by atoms with Crippen LogP contribution in [0.3, 0.4) is 0 Å². The summed E-state index contributed by atoms with van der Waals surface area (Å²) in [5.41, 5.74) is 3.00. The van der Waals surface area contributed by atoms with E-state index >= 15 is 0 Å². The summed E-state index contributed by atoms with van der Waals surface area (Å²) in [6.45, 7) is 0.696. The van der Waals surface area contributed by atoms with Crippen LogP contribution in [-0.4, -0.2) is 16.2 Å². The van der Waals surface area contributed by atoms with Gasteiger partial charge >= 0.3 is 0 Å². The Hall–Kier alpha value is -2.20. The molecule has 4 heteroatoms. The van der Waals surface area contributed by atoms with E-state index in [1.54, 1.807) is 6.20 Å². The van der Waals surface area contributed by atoms with E-state index in [9.17, 15) is 0 Å². The summed E-state index contributed by atoms with van der Waals surface area (Å²) < 4.78 is 8.60. The first-order chi connectivity index (χ1) is 9.86. The van der Waals surface area contributed by atoms with Crippen LogP contribution < -0.4 is 4.74 Å². The van der Waals surface area contributed by atoms with Gasteiger partial charge in [-0.3, -0.25) is 4.57 Å². The van der Waals surface area contributed by atoms with Gasteiger partial charge in [-0.15, -0.1) is 0 Å². The topological polar surface area (TPSA) is 27.1 Å².